The molecule has 0 spiro atoms. The number of aromatic amines is 1. The van der Waals surface area contributed by atoms with E-state index in [-0.39, 0.29) is 0 Å². The molecule has 0 aliphatic carbocycles. The summed E-state index contributed by atoms with van der Waals surface area (Å²) in [6.45, 7) is 0. The van der Waals surface area contributed by atoms with E-state index in [1.54, 1.807) is 4.98 Å². The Labute approximate surface area is 98.8 Å². The van der Waals surface area contributed by atoms with Gasteiger partial charge in [-0.1, -0.05) is 0 Å². The van der Waals surface area contributed by atoms with Gasteiger partial charge in [0.1, 0.15) is 0 Å². The molecule has 0 fully saturated rings. The molecule has 0 aromatic carbocycles. The highest BCUT2D eigenvalue weighted by atomic mass is 19.4. The zero-order valence-electron chi connectivity index (χ0n) is 9.45. The van der Waals surface area contributed by atoms with Crippen LogP contribution >= 0.6 is 0 Å². The van der Waals surface area contributed by atoms with Gasteiger partial charge in [-0.2, -0.15) is 26.3 Å². The molecule has 1 heterocycles. The summed E-state index contributed by atoms with van der Waals surface area (Å²) in [4.78, 5) is 1.70. The van der Waals surface area contributed by atoms with E-state index in [4.69, 9.17) is 5.11 Å². The minimum atomic E-state index is -5.84. The Balaban J connectivity index is 0.000000873. The van der Waals surface area contributed by atoms with Crippen LogP contribution in [-0.4, -0.2) is 36.5 Å². The predicted molar refractivity (Wildman–Crippen MR) is 51.8 cm³/mol. The molecule has 3 nitrogen and oxygen atoms in total. The average Bonchev–Trinajstić information content (AvgIpc) is 2.66. The lowest BCUT2D eigenvalue weighted by atomic mass is 9.98. The number of alkyl halides is 6. The second-order valence-electron chi connectivity index (χ2n) is 3.29. The molecular weight excluding hydrogens is 266 g/mol. The van der Waals surface area contributed by atoms with Crippen LogP contribution in [0.1, 0.15) is 5.69 Å². The fraction of sp³-hybridized carbons (Fsp3) is 0.556. The van der Waals surface area contributed by atoms with Crippen molar-refractivity contribution in [3.8, 4) is 0 Å². The van der Waals surface area contributed by atoms with Crippen LogP contribution in [0.2, 0.25) is 0 Å². The summed E-state index contributed by atoms with van der Waals surface area (Å²) in [5, 5.41) is 11.5. The van der Waals surface area contributed by atoms with Crippen LogP contribution in [0.4, 0.5) is 26.3 Å². The van der Waals surface area contributed by atoms with E-state index in [1.165, 1.54) is 0 Å². The van der Waals surface area contributed by atoms with Crippen LogP contribution < -0.4 is 5.32 Å². The Bertz CT molecular complexity index is 329. The second kappa shape index (κ2) is 5.61. The van der Waals surface area contributed by atoms with E-state index in [2.05, 4.69) is 5.32 Å². The molecule has 0 unspecified atom stereocenters. The highest BCUT2D eigenvalue weighted by Crippen LogP contribution is 2.49. The molecule has 106 valence electrons. The van der Waals surface area contributed by atoms with E-state index in [1.807, 2.05) is 14.1 Å². The normalized spacial score (nSPS) is 12.9. The molecule has 0 amide bonds. The number of rotatable bonds is 1. The van der Waals surface area contributed by atoms with Crippen molar-refractivity contribution in [1.29, 1.82) is 0 Å². The molecule has 1 rings (SSSR count). The first-order valence-electron chi connectivity index (χ1n) is 4.60. The van der Waals surface area contributed by atoms with Crippen molar-refractivity contribution in [2.45, 2.75) is 18.0 Å². The van der Waals surface area contributed by atoms with Gasteiger partial charge in [-0.25, -0.2) is 0 Å². The Kier molecular flexibility index (Phi) is 5.23. The van der Waals surface area contributed by atoms with Gasteiger partial charge in [-0.15, -0.1) is 0 Å². The van der Waals surface area contributed by atoms with E-state index < -0.39 is 23.6 Å². The maximum Gasteiger partial charge on any atom is 0.432 e. The summed E-state index contributed by atoms with van der Waals surface area (Å²) in [5.74, 6) is 0. The third kappa shape index (κ3) is 3.16. The van der Waals surface area contributed by atoms with Crippen molar-refractivity contribution < 1.29 is 31.4 Å². The van der Waals surface area contributed by atoms with Crippen molar-refractivity contribution in [2.75, 3.05) is 14.1 Å². The molecule has 18 heavy (non-hydrogen) atoms. The van der Waals surface area contributed by atoms with E-state index >= 15 is 0 Å². The van der Waals surface area contributed by atoms with Crippen LogP contribution in [0.25, 0.3) is 0 Å². The monoisotopic (exact) mass is 278 g/mol. The Morgan fingerprint density at radius 2 is 1.44 bits per heavy atom. The summed E-state index contributed by atoms with van der Waals surface area (Å²) in [6, 6.07) is 1.44. The zero-order valence-corrected chi connectivity index (χ0v) is 9.45. The van der Waals surface area contributed by atoms with Gasteiger partial charge < -0.3 is 15.4 Å². The molecule has 0 aliphatic heterocycles. The van der Waals surface area contributed by atoms with Crippen molar-refractivity contribution in [3.63, 3.8) is 0 Å². The van der Waals surface area contributed by atoms with Gasteiger partial charge in [0, 0.05) is 6.20 Å². The lowest BCUT2D eigenvalue weighted by molar-refractivity contribution is -0.377. The molecule has 0 saturated heterocycles. The van der Waals surface area contributed by atoms with Crippen LogP contribution in [0.5, 0.6) is 0 Å². The van der Waals surface area contributed by atoms with Gasteiger partial charge in [-0.05, 0) is 26.2 Å². The Hall–Kier alpha value is -1.22. The summed E-state index contributed by atoms with van der Waals surface area (Å²) < 4.78 is 73.0. The van der Waals surface area contributed by atoms with Crippen molar-refractivity contribution in [2.24, 2.45) is 0 Å². The van der Waals surface area contributed by atoms with Gasteiger partial charge in [0.05, 0.1) is 5.69 Å². The van der Waals surface area contributed by atoms with E-state index in [0.29, 0.717) is 6.07 Å². The Morgan fingerprint density at radius 1 is 1.06 bits per heavy atom. The number of aromatic nitrogens is 1. The number of hydrogen-bond acceptors (Lipinski definition) is 2. The third-order valence-electron chi connectivity index (χ3n) is 1.81. The number of H-pyrrole nitrogens is 1. The first-order chi connectivity index (χ1) is 8.02. The summed E-state index contributed by atoms with van der Waals surface area (Å²) in [5.41, 5.74) is -6.22. The SMILES string of the molecule is CNC.OC(c1ccc[nH]1)(C(F)(F)F)C(F)(F)F. The summed E-state index contributed by atoms with van der Waals surface area (Å²) in [7, 11) is 3.75. The molecule has 0 aliphatic rings. The average molecular weight is 278 g/mol. The minimum Gasteiger partial charge on any atom is -0.368 e. The topological polar surface area (TPSA) is 48.0 Å². The highest BCUT2D eigenvalue weighted by molar-refractivity contribution is 5.18. The van der Waals surface area contributed by atoms with Crippen LogP contribution in [0.15, 0.2) is 18.3 Å². The Morgan fingerprint density at radius 3 is 1.67 bits per heavy atom. The van der Waals surface area contributed by atoms with Gasteiger partial charge >= 0.3 is 12.4 Å². The number of halogens is 6. The van der Waals surface area contributed by atoms with Crippen molar-refractivity contribution in [3.05, 3.63) is 24.0 Å². The molecule has 1 aromatic heterocycles. The van der Waals surface area contributed by atoms with Crippen molar-refractivity contribution in [1.82, 2.24) is 10.3 Å². The fourth-order valence-corrected chi connectivity index (χ4v) is 1.02. The summed E-state index contributed by atoms with van der Waals surface area (Å²) >= 11 is 0. The van der Waals surface area contributed by atoms with E-state index in [9.17, 15) is 26.3 Å². The number of aliphatic hydroxyl groups is 1. The molecule has 1 aromatic rings. The highest BCUT2D eigenvalue weighted by Gasteiger charge is 2.72. The molecule has 0 bridgehead atoms. The maximum atomic E-state index is 12.2. The number of hydrogen-bond donors (Lipinski definition) is 3. The molecule has 0 saturated carbocycles. The third-order valence-corrected chi connectivity index (χ3v) is 1.81. The molecule has 0 radical (unpaired) electrons. The molecular formula is C9H12F6N2O. The smallest absolute Gasteiger partial charge is 0.368 e. The van der Waals surface area contributed by atoms with Crippen LogP contribution in [-0.2, 0) is 5.60 Å². The molecule has 0 atom stereocenters. The van der Waals surface area contributed by atoms with Gasteiger partial charge in [0.15, 0.2) is 0 Å². The molecule has 3 N–H and O–H groups in total. The van der Waals surface area contributed by atoms with Gasteiger partial charge in [-0.3, -0.25) is 0 Å². The lowest BCUT2D eigenvalue weighted by Gasteiger charge is -2.31. The largest absolute Gasteiger partial charge is 0.432 e. The minimum absolute atomic E-state index is 0.515. The standard InChI is InChI=1S/C7H5F6NO.C2H7N/c8-6(9,10)5(15,7(11,12)13)4-2-1-3-14-4;1-3-2/h1-3,14-15H;3H,1-2H3. The van der Waals surface area contributed by atoms with Crippen molar-refractivity contribution >= 4 is 0 Å². The zero-order chi connectivity index (χ0) is 14.6. The van der Waals surface area contributed by atoms with Gasteiger partial charge in [0.2, 0.25) is 0 Å². The van der Waals surface area contributed by atoms with Gasteiger partial charge in [0.25, 0.3) is 5.60 Å². The fourth-order valence-electron chi connectivity index (χ4n) is 1.02. The first-order valence-corrected chi connectivity index (χ1v) is 4.60. The summed E-state index contributed by atoms with van der Waals surface area (Å²) in [6.07, 6.45) is -10.8. The lowest BCUT2D eigenvalue weighted by Crippen LogP contribution is -2.54. The molecule has 9 heteroatoms. The predicted octanol–water partition coefficient (Wildman–Crippen LogP) is 2.16. The second-order valence-corrected chi connectivity index (χ2v) is 3.29. The van der Waals surface area contributed by atoms with E-state index in [0.717, 1.165) is 12.3 Å². The van der Waals surface area contributed by atoms with Crippen LogP contribution in [0.3, 0.4) is 0 Å². The first kappa shape index (κ1) is 16.8. The number of nitrogens with one attached hydrogen (secondary N) is 2. The van der Waals surface area contributed by atoms with Crippen LogP contribution in [0, 0.1) is 0 Å². The maximum absolute atomic E-state index is 12.2. The quantitative estimate of drug-likeness (QED) is 0.689.